The molecule has 1 amide bonds. The molecule has 0 atom stereocenters. The fourth-order valence-electron chi connectivity index (χ4n) is 3.87. The Kier molecular flexibility index (Phi) is 7.10. The van der Waals surface area contributed by atoms with Crippen molar-refractivity contribution in [3.05, 3.63) is 24.3 Å². The molecule has 2 fully saturated rings. The van der Waals surface area contributed by atoms with Gasteiger partial charge in [0.05, 0.1) is 5.92 Å². The molecule has 0 aromatic heterocycles. The largest absolute Gasteiger partial charge is 0.455 e. The highest BCUT2D eigenvalue weighted by atomic mass is 16.5. The van der Waals surface area contributed by atoms with Crippen LogP contribution in [0.5, 0.6) is 0 Å². The first-order valence-electron chi connectivity index (χ1n) is 10.2. The van der Waals surface area contributed by atoms with Crippen LogP contribution in [0.1, 0.15) is 39.0 Å². The fraction of sp³-hybridized carbons (Fsp3) is 0.619. The summed E-state index contributed by atoms with van der Waals surface area (Å²) in [6.07, 6.45) is 5.11. The Morgan fingerprint density at radius 2 is 1.70 bits per heavy atom. The third kappa shape index (κ3) is 5.70. The van der Waals surface area contributed by atoms with E-state index in [4.69, 9.17) is 4.74 Å². The van der Waals surface area contributed by atoms with Crippen molar-refractivity contribution in [2.24, 2.45) is 5.92 Å². The number of piperazine rings is 1. The zero-order valence-electron chi connectivity index (χ0n) is 16.3. The van der Waals surface area contributed by atoms with Gasteiger partial charge in [0.25, 0.3) is 5.91 Å². The number of likely N-dealkylation sites (N-methyl/N-ethyl adjacent to an activating group) is 1. The molecule has 6 nitrogen and oxygen atoms in total. The van der Waals surface area contributed by atoms with Crippen LogP contribution in [0.2, 0.25) is 0 Å². The highest BCUT2D eigenvalue weighted by molar-refractivity contribution is 5.93. The summed E-state index contributed by atoms with van der Waals surface area (Å²) in [7, 11) is 0. The predicted octanol–water partition coefficient (Wildman–Crippen LogP) is 2.89. The number of hydrogen-bond acceptors (Lipinski definition) is 5. The molecular weight excluding hydrogens is 342 g/mol. The van der Waals surface area contributed by atoms with Crippen LogP contribution in [0, 0.1) is 5.92 Å². The van der Waals surface area contributed by atoms with Crippen molar-refractivity contribution in [3.8, 4) is 0 Å². The smallest absolute Gasteiger partial charge is 0.309 e. The van der Waals surface area contributed by atoms with Gasteiger partial charge in [0.2, 0.25) is 0 Å². The van der Waals surface area contributed by atoms with E-state index in [1.54, 1.807) is 0 Å². The Balaban J connectivity index is 1.42. The predicted molar refractivity (Wildman–Crippen MR) is 107 cm³/mol. The van der Waals surface area contributed by atoms with E-state index >= 15 is 0 Å². The summed E-state index contributed by atoms with van der Waals surface area (Å²) in [6.45, 7) is 7.30. The van der Waals surface area contributed by atoms with Gasteiger partial charge in [-0.2, -0.15) is 0 Å². The number of rotatable bonds is 6. The lowest BCUT2D eigenvalue weighted by Gasteiger charge is -2.35. The number of nitrogens with one attached hydrogen (secondary N) is 1. The minimum atomic E-state index is -0.288. The number of anilines is 2. The molecular formula is C21H31N3O3. The topological polar surface area (TPSA) is 61.9 Å². The number of carbonyl (C=O) groups excluding carboxylic acids is 2. The van der Waals surface area contributed by atoms with Crippen LogP contribution in [-0.4, -0.2) is 56.1 Å². The lowest BCUT2D eigenvalue weighted by molar-refractivity contribution is -0.152. The second-order valence-corrected chi connectivity index (χ2v) is 7.46. The van der Waals surface area contributed by atoms with Gasteiger partial charge < -0.3 is 19.9 Å². The maximum absolute atomic E-state index is 12.1. The molecule has 1 heterocycles. The van der Waals surface area contributed by atoms with Crippen LogP contribution in [0.4, 0.5) is 11.4 Å². The monoisotopic (exact) mass is 373 g/mol. The van der Waals surface area contributed by atoms with Gasteiger partial charge in [-0.25, -0.2) is 0 Å². The van der Waals surface area contributed by atoms with Crippen LogP contribution in [0.3, 0.4) is 0 Å². The van der Waals surface area contributed by atoms with Crippen LogP contribution >= 0.6 is 0 Å². The Labute approximate surface area is 161 Å². The zero-order valence-corrected chi connectivity index (χ0v) is 16.3. The number of esters is 1. The first kappa shape index (κ1) is 19.7. The molecule has 0 bridgehead atoms. The van der Waals surface area contributed by atoms with E-state index in [-0.39, 0.29) is 24.4 Å². The average molecular weight is 373 g/mol. The van der Waals surface area contributed by atoms with Crippen molar-refractivity contribution in [2.45, 2.75) is 39.0 Å². The van der Waals surface area contributed by atoms with Crippen molar-refractivity contribution >= 4 is 23.3 Å². The average Bonchev–Trinajstić information content (AvgIpc) is 2.73. The van der Waals surface area contributed by atoms with Gasteiger partial charge in [-0.15, -0.1) is 0 Å². The minimum absolute atomic E-state index is 0.0287. The maximum atomic E-state index is 12.1. The SMILES string of the molecule is CCN1CCN(c2ccc(NC(=O)COC(=O)C3CCCCC3)cc2)CC1. The molecule has 3 rings (SSSR count). The Morgan fingerprint density at radius 3 is 2.33 bits per heavy atom. The minimum Gasteiger partial charge on any atom is -0.455 e. The Bertz CT molecular complexity index is 618. The van der Waals surface area contributed by atoms with E-state index < -0.39 is 0 Å². The Hall–Kier alpha value is -2.08. The summed E-state index contributed by atoms with van der Waals surface area (Å²) in [5, 5.41) is 2.80. The number of amides is 1. The zero-order chi connectivity index (χ0) is 19.1. The van der Waals surface area contributed by atoms with Crippen molar-refractivity contribution in [1.29, 1.82) is 0 Å². The lowest BCUT2D eigenvalue weighted by Crippen LogP contribution is -2.46. The van der Waals surface area contributed by atoms with Crippen LogP contribution in [0.25, 0.3) is 0 Å². The third-order valence-corrected chi connectivity index (χ3v) is 5.62. The molecule has 1 aromatic rings. The number of benzene rings is 1. The van der Waals surface area contributed by atoms with Gasteiger partial charge in [-0.05, 0) is 43.7 Å². The summed E-state index contributed by atoms with van der Waals surface area (Å²) in [5.41, 5.74) is 1.90. The molecule has 1 aliphatic heterocycles. The first-order valence-corrected chi connectivity index (χ1v) is 10.2. The first-order chi connectivity index (χ1) is 13.2. The van der Waals surface area contributed by atoms with Crippen LogP contribution in [0.15, 0.2) is 24.3 Å². The van der Waals surface area contributed by atoms with E-state index in [2.05, 4.69) is 22.0 Å². The summed E-state index contributed by atoms with van der Waals surface area (Å²) < 4.78 is 5.19. The molecule has 1 aliphatic carbocycles. The van der Waals surface area contributed by atoms with Gasteiger partial charge in [-0.3, -0.25) is 9.59 Å². The van der Waals surface area contributed by atoms with Crippen molar-refractivity contribution in [1.82, 2.24) is 4.90 Å². The molecule has 148 valence electrons. The number of nitrogens with zero attached hydrogens (tertiary/aromatic N) is 2. The second kappa shape index (κ2) is 9.74. The van der Waals surface area contributed by atoms with Crippen molar-refractivity contribution < 1.29 is 14.3 Å². The van der Waals surface area contributed by atoms with E-state index in [1.807, 2.05) is 24.3 Å². The molecule has 6 heteroatoms. The Morgan fingerprint density at radius 1 is 1.04 bits per heavy atom. The van der Waals surface area contributed by atoms with Gasteiger partial charge >= 0.3 is 5.97 Å². The van der Waals surface area contributed by atoms with Crippen LogP contribution in [-0.2, 0) is 14.3 Å². The molecule has 1 N–H and O–H groups in total. The van der Waals surface area contributed by atoms with Gasteiger partial charge in [0, 0.05) is 37.6 Å². The normalized spacial score (nSPS) is 18.9. The van der Waals surface area contributed by atoms with Gasteiger partial charge in [0.1, 0.15) is 0 Å². The molecule has 0 unspecified atom stereocenters. The van der Waals surface area contributed by atoms with Gasteiger partial charge in [-0.1, -0.05) is 26.2 Å². The second-order valence-electron chi connectivity index (χ2n) is 7.46. The lowest BCUT2D eigenvalue weighted by atomic mass is 9.89. The molecule has 1 saturated heterocycles. The molecule has 27 heavy (non-hydrogen) atoms. The highest BCUT2D eigenvalue weighted by Gasteiger charge is 2.23. The van der Waals surface area contributed by atoms with Crippen LogP contribution < -0.4 is 10.2 Å². The molecule has 0 radical (unpaired) electrons. The van der Waals surface area contributed by atoms with Crippen molar-refractivity contribution in [3.63, 3.8) is 0 Å². The summed E-state index contributed by atoms with van der Waals surface area (Å²) in [5.74, 6) is -0.547. The van der Waals surface area contributed by atoms with Crippen molar-refractivity contribution in [2.75, 3.05) is 49.5 Å². The van der Waals surface area contributed by atoms with E-state index in [9.17, 15) is 9.59 Å². The standard InChI is InChI=1S/C21H31N3O3/c1-2-23-12-14-24(15-13-23)19-10-8-18(9-11-19)22-20(25)16-27-21(26)17-6-4-3-5-7-17/h8-11,17H,2-7,12-16H2,1H3,(H,22,25). The summed E-state index contributed by atoms with van der Waals surface area (Å²) in [6, 6.07) is 7.88. The molecule has 1 aromatic carbocycles. The number of hydrogen-bond donors (Lipinski definition) is 1. The fourth-order valence-corrected chi connectivity index (χ4v) is 3.87. The van der Waals surface area contributed by atoms with E-state index in [1.165, 1.54) is 12.1 Å². The van der Waals surface area contributed by atoms with Gasteiger partial charge in [0.15, 0.2) is 6.61 Å². The summed E-state index contributed by atoms with van der Waals surface area (Å²) in [4.78, 5) is 28.9. The summed E-state index contributed by atoms with van der Waals surface area (Å²) >= 11 is 0. The van der Waals surface area contributed by atoms with E-state index in [0.717, 1.165) is 64.1 Å². The highest BCUT2D eigenvalue weighted by Crippen LogP contribution is 2.24. The number of ether oxygens (including phenoxy) is 1. The third-order valence-electron chi connectivity index (χ3n) is 5.62. The quantitative estimate of drug-likeness (QED) is 0.777. The number of carbonyl (C=O) groups is 2. The maximum Gasteiger partial charge on any atom is 0.309 e. The molecule has 0 spiro atoms. The molecule has 2 aliphatic rings. The molecule has 1 saturated carbocycles. The van der Waals surface area contributed by atoms with E-state index in [0.29, 0.717) is 0 Å².